The number of hydrogen-bond acceptors (Lipinski definition) is 4. The summed E-state index contributed by atoms with van der Waals surface area (Å²) in [4.78, 5) is 17.3. The zero-order valence-electron chi connectivity index (χ0n) is 16.5. The van der Waals surface area contributed by atoms with Crippen LogP contribution in [0.4, 0.5) is 5.69 Å². The number of guanidine groups is 1. The van der Waals surface area contributed by atoms with Gasteiger partial charge in [0, 0.05) is 24.7 Å². The van der Waals surface area contributed by atoms with Crippen LogP contribution in [0.25, 0.3) is 0 Å². The van der Waals surface area contributed by atoms with Gasteiger partial charge in [-0.25, -0.2) is 4.99 Å². The van der Waals surface area contributed by atoms with Crippen LogP contribution in [0.1, 0.15) is 46.1 Å². The first-order chi connectivity index (χ1) is 12.5. The number of nitro groups is 1. The number of non-ortho nitro benzene ring substituents is 1. The highest BCUT2D eigenvalue weighted by atomic mass is 16.6. The third-order valence-corrected chi connectivity index (χ3v) is 4.30. The van der Waals surface area contributed by atoms with Gasteiger partial charge in [0.05, 0.1) is 11.5 Å². The molecule has 0 bridgehead atoms. The molecule has 1 aromatic rings. The molecule has 0 aromatic heterocycles. The molecule has 7 heteroatoms. The molecule has 7 nitrogen and oxygen atoms in total. The van der Waals surface area contributed by atoms with E-state index in [1.807, 2.05) is 6.92 Å². The van der Waals surface area contributed by atoms with Crippen molar-refractivity contribution in [2.75, 3.05) is 26.2 Å². The number of hydrogen-bond donors (Lipinski definition) is 2. The standard InChI is InChI=1S/C19H33N5O2/c1-5-20-19(22-16(4)9-8-14-23(6-2)7-3)21-15-17-10-12-18(13-11-17)24(25)26/h10-13,16H,5-9,14-15H2,1-4H3,(H2,20,21,22). The Morgan fingerprint density at radius 3 is 2.42 bits per heavy atom. The van der Waals surface area contributed by atoms with Crippen LogP contribution in [0, 0.1) is 10.1 Å². The Morgan fingerprint density at radius 2 is 1.88 bits per heavy atom. The summed E-state index contributed by atoms with van der Waals surface area (Å²) in [5, 5.41) is 17.4. The number of nitrogens with zero attached hydrogens (tertiary/aromatic N) is 3. The van der Waals surface area contributed by atoms with E-state index in [-0.39, 0.29) is 5.69 Å². The van der Waals surface area contributed by atoms with Crippen molar-refractivity contribution in [2.24, 2.45) is 4.99 Å². The first-order valence-electron chi connectivity index (χ1n) is 9.50. The SMILES string of the molecule is CCNC(=NCc1ccc([N+](=O)[O-])cc1)NC(C)CCCN(CC)CC. The molecule has 0 saturated carbocycles. The molecule has 0 heterocycles. The predicted octanol–water partition coefficient (Wildman–Crippen LogP) is 3.16. The Hall–Kier alpha value is -2.15. The topological polar surface area (TPSA) is 82.8 Å². The summed E-state index contributed by atoms with van der Waals surface area (Å²) in [6.45, 7) is 13.2. The second-order valence-corrected chi connectivity index (χ2v) is 6.33. The highest BCUT2D eigenvalue weighted by Gasteiger charge is 2.07. The van der Waals surface area contributed by atoms with E-state index in [0.717, 1.165) is 50.5 Å². The van der Waals surface area contributed by atoms with Gasteiger partial charge in [0.1, 0.15) is 0 Å². The molecular formula is C19H33N5O2. The van der Waals surface area contributed by atoms with Crippen molar-refractivity contribution in [1.82, 2.24) is 15.5 Å². The molecule has 2 N–H and O–H groups in total. The average Bonchev–Trinajstić information content (AvgIpc) is 2.64. The highest BCUT2D eigenvalue weighted by Crippen LogP contribution is 2.12. The Bertz CT molecular complexity index is 556. The van der Waals surface area contributed by atoms with Crippen LogP contribution in [0.5, 0.6) is 0 Å². The second-order valence-electron chi connectivity index (χ2n) is 6.33. The molecule has 0 amide bonds. The molecule has 1 unspecified atom stereocenters. The minimum Gasteiger partial charge on any atom is -0.357 e. The molecule has 0 saturated heterocycles. The molecule has 146 valence electrons. The monoisotopic (exact) mass is 363 g/mol. The fourth-order valence-electron chi connectivity index (χ4n) is 2.68. The van der Waals surface area contributed by atoms with E-state index in [0.29, 0.717) is 12.6 Å². The van der Waals surface area contributed by atoms with Crippen LogP contribution < -0.4 is 10.6 Å². The van der Waals surface area contributed by atoms with Crippen molar-refractivity contribution < 1.29 is 4.92 Å². The second kappa shape index (κ2) is 12.2. The van der Waals surface area contributed by atoms with Crippen molar-refractivity contribution >= 4 is 11.6 Å². The van der Waals surface area contributed by atoms with Gasteiger partial charge in [-0.15, -0.1) is 0 Å². The fourth-order valence-corrected chi connectivity index (χ4v) is 2.68. The van der Waals surface area contributed by atoms with Gasteiger partial charge in [-0.2, -0.15) is 0 Å². The maximum Gasteiger partial charge on any atom is 0.269 e. The average molecular weight is 364 g/mol. The quantitative estimate of drug-likeness (QED) is 0.273. The first-order valence-corrected chi connectivity index (χ1v) is 9.50. The van der Waals surface area contributed by atoms with Gasteiger partial charge in [0.2, 0.25) is 0 Å². The van der Waals surface area contributed by atoms with Gasteiger partial charge < -0.3 is 15.5 Å². The van der Waals surface area contributed by atoms with E-state index in [1.54, 1.807) is 12.1 Å². The number of nitrogens with one attached hydrogen (secondary N) is 2. The lowest BCUT2D eigenvalue weighted by atomic mass is 10.2. The van der Waals surface area contributed by atoms with Crippen molar-refractivity contribution in [1.29, 1.82) is 0 Å². The van der Waals surface area contributed by atoms with E-state index >= 15 is 0 Å². The zero-order valence-corrected chi connectivity index (χ0v) is 16.5. The van der Waals surface area contributed by atoms with Crippen LogP contribution in [0.3, 0.4) is 0 Å². The van der Waals surface area contributed by atoms with Crippen LogP contribution in [0.2, 0.25) is 0 Å². The van der Waals surface area contributed by atoms with Gasteiger partial charge in [0.25, 0.3) is 5.69 Å². The van der Waals surface area contributed by atoms with Crippen LogP contribution in [0.15, 0.2) is 29.3 Å². The van der Waals surface area contributed by atoms with E-state index in [2.05, 4.69) is 41.3 Å². The minimum absolute atomic E-state index is 0.101. The normalized spacial score (nSPS) is 12.9. The Labute approximate surface area is 157 Å². The number of nitro benzene ring substituents is 1. The molecule has 0 fully saturated rings. The summed E-state index contributed by atoms with van der Waals surface area (Å²) in [5.74, 6) is 0.779. The number of aliphatic imine (C=N–C) groups is 1. The van der Waals surface area contributed by atoms with Crippen LogP contribution in [-0.4, -0.2) is 48.0 Å². The van der Waals surface area contributed by atoms with Gasteiger partial charge in [-0.05, 0) is 51.9 Å². The lowest BCUT2D eigenvalue weighted by Gasteiger charge is -2.21. The lowest BCUT2D eigenvalue weighted by molar-refractivity contribution is -0.384. The third kappa shape index (κ3) is 8.29. The van der Waals surface area contributed by atoms with Crippen molar-refractivity contribution in [2.45, 2.75) is 53.1 Å². The largest absolute Gasteiger partial charge is 0.357 e. The number of benzene rings is 1. The molecule has 0 aliphatic heterocycles. The summed E-state index contributed by atoms with van der Waals surface area (Å²) >= 11 is 0. The van der Waals surface area contributed by atoms with Gasteiger partial charge in [0.15, 0.2) is 5.96 Å². The molecular weight excluding hydrogens is 330 g/mol. The summed E-state index contributed by atoms with van der Waals surface area (Å²) < 4.78 is 0. The third-order valence-electron chi connectivity index (χ3n) is 4.30. The lowest BCUT2D eigenvalue weighted by Crippen LogP contribution is -2.42. The molecule has 0 aliphatic carbocycles. The van der Waals surface area contributed by atoms with Crippen molar-refractivity contribution in [3.8, 4) is 0 Å². The molecule has 1 aromatic carbocycles. The van der Waals surface area contributed by atoms with Crippen molar-refractivity contribution in [3.63, 3.8) is 0 Å². The fraction of sp³-hybridized carbons (Fsp3) is 0.632. The molecule has 26 heavy (non-hydrogen) atoms. The van der Waals surface area contributed by atoms with Crippen LogP contribution in [-0.2, 0) is 6.54 Å². The first kappa shape index (κ1) is 21.9. The highest BCUT2D eigenvalue weighted by molar-refractivity contribution is 5.80. The predicted molar refractivity (Wildman–Crippen MR) is 108 cm³/mol. The van der Waals surface area contributed by atoms with Crippen LogP contribution >= 0.6 is 0 Å². The smallest absolute Gasteiger partial charge is 0.269 e. The minimum atomic E-state index is -0.390. The summed E-state index contributed by atoms with van der Waals surface area (Å²) in [6, 6.07) is 6.86. The van der Waals surface area contributed by atoms with E-state index < -0.39 is 4.92 Å². The van der Waals surface area contributed by atoms with E-state index in [4.69, 9.17) is 0 Å². The van der Waals surface area contributed by atoms with Gasteiger partial charge >= 0.3 is 0 Å². The zero-order chi connectivity index (χ0) is 19.4. The molecule has 1 rings (SSSR count). The Balaban J connectivity index is 2.52. The number of rotatable bonds is 11. The molecule has 0 spiro atoms. The van der Waals surface area contributed by atoms with Crippen molar-refractivity contribution in [3.05, 3.63) is 39.9 Å². The van der Waals surface area contributed by atoms with E-state index in [9.17, 15) is 10.1 Å². The summed E-state index contributed by atoms with van der Waals surface area (Å²) in [6.07, 6.45) is 2.23. The Kier molecular flexibility index (Phi) is 10.3. The molecule has 1 atom stereocenters. The van der Waals surface area contributed by atoms with Gasteiger partial charge in [-0.3, -0.25) is 10.1 Å². The summed E-state index contributed by atoms with van der Waals surface area (Å²) in [7, 11) is 0. The van der Waals surface area contributed by atoms with E-state index in [1.165, 1.54) is 12.1 Å². The maximum atomic E-state index is 10.7. The summed E-state index contributed by atoms with van der Waals surface area (Å²) in [5.41, 5.74) is 1.05. The van der Waals surface area contributed by atoms with Gasteiger partial charge in [-0.1, -0.05) is 26.0 Å². The molecule has 0 radical (unpaired) electrons. The molecule has 0 aliphatic rings. The Morgan fingerprint density at radius 1 is 1.23 bits per heavy atom. The maximum absolute atomic E-state index is 10.7.